The van der Waals surface area contributed by atoms with Crippen LogP contribution in [0.25, 0.3) is 0 Å². The zero-order valence-corrected chi connectivity index (χ0v) is 40.2. The molecule has 0 atom stereocenters. The molecule has 0 saturated carbocycles. The summed E-state index contributed by atoms with van der Waals surface area (Å²) in [5, 5.41) is 21.6. The van der Waals surface area contributed by atoms with Crippen LogP contribution >= 0.6 is 0 Å². The molecule has 0 saturated heterocycles. The molecular weight excluding hydrogens is 841 g/mol. The Morgan fingerprint density at radius 1 is 0.492 bits per heavy atom. The van der Waals surface area contributed by atoms with Crippen LogP contribution in [-0.2, 0) is 33.1 Å². The zero-order valence-electron chi connectivity index (χ0n) is 36.3. The first-order valence-corrected chi connectivity index (χ1v) is 24.8. The maximum absolute atomic E-state index is 11.8. The molecule has 0 radical (unpaired) electrons. The smallest absolute Gasteiger partial charge is 0.872 e. The molecule has 4 aromatic rings. The van der Waals surface area contributed by atoms with Crippen molar-refractivity contribution >= 4 is 58.0 Å². The molecule has 61 heavy (non-hydrogen) atoms. The Morgan fingerprint density at radius 3 is 1.25 bits per heavy atom. The van der Waals surface area contributed by atoms with Gasteiger partial charge in [0.1, 0.15) is 38.9 Å². The first-order chi connectivity index (χ1) is 28.8. The third kappa shape index (κ3) is 22.9. The van der Waals surface area contributed by atoms with Gasteiger partial charge in [0, 0.05) is 0 Å². The van der Waals surface area contributed by atoms with Gasteiger partial charge in [0.15, 0.2) is 0 Å². The van der Waals surface area contributed by atoms with Gasteiger partial charge in [-0.05, 0) is 110 Å². The largest absolute Gasteiger partial charge is 2.00 e. The van der Waals surface area contributed by atoms with E-state index in [1.807, 2.05) is 0 Å². The van der Waals surface area contributed by atoms with Crippen molar-refractivity contribution in [2.45, 2.75) is 165 Å². The van der Waals surface area contributed by atoms with Crippen LogP contribution in [0.1, 0.15) is 153 Å². The number of aromatic hydroxyl groups is 1. The second kappa shape index (κ2) is 30.3. The standard InChI is InChI=1S/2C24H34O5S.Ca/c2*1-2-3-4-5-6-7-8-9-10-11-12-20-19-21(25)13-18-24(20)29-22-14-16-23(17-15-22)30(26,27)28;/h2*13-19,25H,2-12H2,1H3,(H,26,27,28);/q;;+2/p-2. The fourth-order valence-corrected chi connectivity index (χ4v) is 7.87. The van der Waals surface area contributed by atoms with Crippen LogP contribution in [0.2, 0.25) is 0 Å². The quantitative estimate of drug-likeness (QED) is 0.0317. The maximum atomic E-state index is 11.8. The van der Waals surface area contributed by atoms with Gasteiger partial charge in [-0.25, -0.2) is 8.42 Å². The summed E-state index contributed by atoms with van der Waals surface area (Å²) in [6.45, 7) is 4.47. The van der Waals surface area contributed by atoms with Crippen molar-refractivity contribution < 1.29 is 45.6 Å². The van der Waals surface area contributed by atoms with Gasteiger partial charge in [0.05, 0.1) is 9.79 Å². The molecule has 10 nitrogen and oxygen atoms in total. The van der Waals surface area contributed by atoms with Crippen molar-refractivity contribution in [1.82, 2.24) is 0 Å². The van der Waals surface area contributed by atoms with E-state index < -0.39 is 20.2 Å². The molecular formula is C48H66CaO10S2. The molecule has 0 aliphatic carbocycles. The van der Waals surface area contributed by atoms with Crippen molar-refractivity contribution in [1.29, 1.82) is 0 Å². The number of ether oxygens (including phenoxy) is 2. The average molecular weight is 907 g/mol. The summed E-state index contributed by atoms with van der Waals surface area (Å²) in [5.41, 5.74) is 1.77. The Balaban J connectivity index is 0.000000413. The van der Waals surface area contributed by atoms with Gasteiger partial charge < -0.3 is 24.2 Å². The van der Waals surface area contributed by atoms with Gasteiger partial charge in [0.25, 0.3) is 10.1 Å². The van der Waals surface area contributed by atoms with Gasteiger partial charge in [-0.2, -0.15) is 8.42 Å². The zero-order chi connectivity index (χ0) is 43.6. The number of hydrogen-bond donors (Lipinski definition) is 2. The van der Waals surface area contributed by atoms with Gasteiger partial charge >= 0.3 is 37.7 Å². The predicted molar refractivity (Wildman–Crippen MR) is 242 cm³/mol. The van der Waals surface area contributed by atoms with E-state index in [-0.39, 0.29) is 59.0 Å². The first-order valence-electron chi connectivity index (χ1n) is 21.9. The molecule has 0 aromatic heterocycles. The summed E-state index contributed by atoms with van der Waals surface area (Å²) in [5.74, 6) is 2.26. The minimum atomic E-state index is -4.48. The molecule has 0 heterocycles. The van der Waals surface area contributed by atoms with Crippen LogP contribution in [0.5, 0.6) is 34.5 Å². The normalized spacial score (nSPS) is 11.3. The van der Waals surface area contributed by atoms with Crippen molar-refractivity contribution in [3.63, 3.8) is 0 Å². The van der Waals surface area contributed by atoms with E-state index in [2.05, 4.69) is 13.8 Å². The van der Waals surface area contributed by atoms with Gasteiger partial charge in [0.2, 0.25) is 0 Å². The van der Waals surface area contributed by atoms with Crippen LogP contribution in [0.3, 0.4) is 0 Å². The van der Waals surface area contributed by atoms with Crippen LogP contribution < -0.4 is 14.6 Å². The van der Waals surface area contributed by atoms with Crippen LogP contribution in [-0.4, -0.2) is 68.8 Å². The van der Waals surface area contributed by atoms with E-state index >= 15 is 0 Å². The number of rotatable bonds is 28. The average Bonchev–Trinajstić information content (AvgIpc) is 3.21. The molecule has 0 unspecified atom stereocenters. The summed E-state index contributed by atoms with van der Waals surface area (Å²) < 4.78 is 76.2. The second-order valence-electron chi connectivity index (χ2n) is 15.5. The fourth-order valence-electron chi connectivity index (χ4n) is 6.93. The third-order valence-electron chi connectivity index (χ3n) is 10.4. The Kier molecular flexibility index (Phi) is 27.0. The van der Waals surface area contributed by atoms with Gasteiger partial charge in [-0.3, -0.25) is 4.55 Å². The fraction of sp³-hybridized carbons (Fsp3) is 0.500. The number of phenolic OH excluding ortho intramolecular Hbond substituents is 1. The summed E-state index contributed by atoms with van der Waals surface area (Å²) in [4.78, 5) is -0.471. The Hall–Kier alpha value is -2.84. The minimum absolute atomic E-state index is 0. The van der Waals surface area contributed by atoms with Crippen LogP contribution in [0.4, 0.5) is 0 Å². The van der Waals surface area contributed by atoms with Crippen molar-refractivity contribution in [2.24, 2.45) is 0 Å². The van der Waals surface area contributed by atoms with E-state index in [4.69, 9.17) is 14.0 Å². The van der Waals surface area contributed by atoms with E-state index in [0.29, 0.717) is 23.0 Å². The summed E-state index contributed by atoms with van der Waals surface area (Å²) in [6.07, 6.45) is 26.7. The maximum Gasteiger partial charge on any atom is 2.00 e. The Bertz CT molecular complexity index is 1870. The number of phenols is 1. The van der Waals surface area contributed by atoms with Crippen LogP contribution in [0, 0.1) is 0 Å². The number of aryl methyl sites for hydroxylation is 2. The predicted octanol–water partition coefficient (Wildman–Crippen LogP) is 12.4. The molecule has 332 valence electrons. The molecule has 4 rings (SSSR count). The SMILES string of the molecule is CCCCCCCCCCCCc1cc(O)ccc1Oc1ccc(S(=O)(=O)O)cc1.CCCCCCCCCCCCc1cc([O-])ccc1Oc1ccc(S(=O)(=O)[O-])cc1.[Ca+2]. The van der Waals surface area contributed by atoms with Crippen molar-refractivity contribution in [2.75, 3.05) is 0 Å². The van der Waals surface area contributed by atoms with Crippen molar-refractivity contribution in [3.8, 4) is 34.5 Å². The van der Waals surface area contributed by atoms with E-state index in [9.17, 15) is 31.6 Å². The molecule has 4 aromatic carbocycles. The number of unbranched alkanes of at least 4 members (excludes halogenated alkanes) is 18. The molecule has 2 N–H and O–H groups in total. The summed E-state index contributed by atoms with van der Waals surface area (Å²) >= 11 is 0. The summed E-state index contributed by atoms with van der Waals surface area (Å²) in [7, 11) is -8.70. The Morgan fingerprint density at radius 2 is 0.852 bits per heavy atom. The van der Waals surface area contributed by atoms with E-state index in [1.54, 1.807) is 30.3 Å². The van der Waals surface area contributed by atoms with Crippen molar-refractivity contribution in [3.05, 3.63) is 96.1 Å². The summed E-state index contributed by atoms with van der Waals surface area (Å²) in [6, 6.07) is 20.6. The van der Waals surface area contributed by atoms with E-state index in [0.717, 1.165) is 49.7 Å². The molecule has 0 aliphatic heterocycles. The molecule has 0 fully saturated rings. The first kappa shape index (κ1) is 54.3. The molecule has 0 bridgehead atoms. The van der Waals surface area contributed by atoms with E-state index in [1.165, 1.54) is 157 Å². The molecule has 0 aliphatic rings. The molecule has 13 heteroatoms. The van der Waals surface area contributed by atoms with Gasteiger partial charge in [-0.1, -0.05) is 142 Å². The monoisotopic (exact) mass is 906 g/mol. The topological polar surface area (TPSA) is 173 Å². The van der Waals surface area contributed by atoms with Gasteiger partial charge in [-0.15, -0.1) is 5.75 Å². The number of benzene rings is 4. The number of hydrogen-bond acceptors (Lipinski definition) is 9. The Labute approximate surface area is 396 Å². The minimum Gasteiger partial charge on any atom is -0.872 e. The third-order valence-corrected chi connectivity index (χ3v) is 12.1. The molecule has 0 amide bonds. The van der Waals surface area contributed by atoms with Crippen LogP contribution in [0.15, 0.2) is 94.7 Å². The second-order valence-corrected chi connectivity index (χ2v) is 18.3. The molecule has 0 spiro atoms.